The number of esters is 1. The van der Waals surface area contributed by atoms with Gasteiger partial charge in [0.05, 0.1) is 25.2 Å². The zero-order valence-electron chi connectivity index (χ0n) is 42.9. The van der Waals surface area contributed by atoms with Gasteiger partial charge in [0.15, 0.2) is 0 Å². The van der Waals surface area contributed by atoms with Crippen molar-refractivity contribution in [2.45, 2.75) is 283 Å². The molecule has 3 unspecified atom stereocenters. The Morgan fingerprint density at radius 3 is 1.22 bits per heavy atom. The van der Waals surface area contributed by atoms with Gasteiger partial charge in [0.25, 0.3) is 0 Å². The molecule has 0 aromatic carbocycles. The predicted octanol–water partition coefficient (Wildman–Crippen LogP) is 17.0. The fourth-order valence-electron chi connectivity index (χ4n) is 8.03. The van der Waals surface area contributed by atoms with Gasteiger partial charge < -0.3 is 20.3 Å². The zero-order valence-corrected chi connectivity index (χ0v) is 42.9. The molecule has 0 bridgehead atoms. The molecule has 0 radical (unpaired) electrons. The average Bonchev–Trinajstić information content (AvgIpc) is 3.30. The van der Waals surface area contributed by atoms with Gasteiger partial charge in [-0.2, -0.15) is 0 Å². The molecular formula is C59H105NO5. The van der Waals surface area contributed by atoms with Crippen molar-refractivity contribution in [3.63, 3.8) is 0 Å². The number of aliphatic hydroxyl groups is 2. The van der Waals surface area contributed by atoms with Crippen molar-refractivity contribution in [2.75, 3.05) is 6.61 Å². The molecule has 0 spiro atoms. The lowest BCUT2D eigenvalue weighted by Crippen LogP contribution is -2.46. The summed E-state index contributed by atoms with van der Waals surface area (Å²) in [6, 6.07) is -0.716. The number of carbonyl (C=O) groups excluding carboxylic acids is 2. The van der Waals surface area contributed by atoms with Gasteiger partial charge >= 0.3 is 5.97 Å². The largest absolute Gasteiger partial charge is 0.462 e. The van der Waals surface area contributed by atoms with Crippen LogP contribution in [0.25, 0.3) is 0 Å². The quantitative estimate of drug-likeness (QED) is 0.0321. The van der Waals surface area contributed by atoms with Crippen LogP contribution in [0.15, 0.2) is 72.9 Å². The first-order valence-corrected chi connectivity index (χ1v) is 27.7. The van der Waals surface area contributed by atoms with Crippen LogP contribution in [0.3, 0.4) is 0 Å². The number of ether oxygens (including phenoxy) is 1. The fourth-order valence-corrected chi connectivity index (χ4v) is 8.03. The minimum atomic E-state index is -0.800. The summed E-state index contributed by atoms with van der Waals surface area (Å²) in [7, 11) is 0. The van der Waals surface area contributed by atoms with Crippen molar-refractivity contribution in [3.05, 3.63) is 72.9 Å². The molecule has 0 aromatic rings. The van der Waals surface area contributed by atoms with Gasteiger partial charge in [0.2, 0.25) is 5.91 Å². The highest BCUT2D eigenvalue weighted by Gasteiger charge is 2.24. The summed E-state index contributed by atoms with van der Waals surface area (Å²) in [4.78, 5) is 26.2. The highest BCUT2D eigenvalue weighted by Crippen LogP contribution is 2.17. The molecule has 1 amide bonds. The first-order valence-electron chi connectivity index (χ1n) is 27.7. The molecule has 376 valence electrons. The Morgan fingerprint density at radius 1 is 0.446 bits per heavy atom. The van der Waals surface area contributed by atoms with Crippen LogP contribution < -0.4 is 5.32 Å². The SMILES string of the molecule is CCCCC/C=C\C/C=C\C/C=C\C/C=C\CCCCCC(=O)OC(CCCCCCC/C=C\C/C=C\CCCCC)CC(=O)NC(CO)C(O)CCCCCCCCCCCCCC. The van der Waals surface area contributed by atoms with Crippen molar-refractivity contribution in [1.29, 1.82) is 0 Å². The van der Waals surface area contributed by atoms with Crippen molar-refractivity contribution in [1.82, 2.24) is 5.32 Å². The second-order valence-corrected chi connectivity index (χ2v) is 18.6. The van der Waals surface area contributed by atoms with Gasteiger partial charge in [-0.15, -0.1) is 0 Å². The lowest BCUT2D eigenvalue weighted by Gasteiger charge is -2.24. The van der Waals surface area contributed by atoms with Crippen LogP contribution in [0.2, 0.25) is 0 Å². The Morgan fingerprint density at radius 2 is 0.785 bits per heavy atom. The third-order valence-corrected chi connectivity index (χ3v) is 12.3. The van der Waals surface area contributed by atoms with Crippen LogP contribution in [-0.2, 0) is 14.3 Å². The smallest absolute Gasteiger partial charge is 0.306 e. The molecule has 65 heavy (non-hydrogen) atoms. The highest BCUT2D eigenvalue weighted by atomic mass is 16.5. The number of aliphatic hydroxyl groups excluding tert-OH is 2. The van der Waals surface area contributed by atoms with Gasteiger partial charge in [0, 0.05) is 6.42 Å². The van der Waals surface area contributed by atoms with E-state index < -0.39 is 18.2 Å². The molecule has 0 fully saturated rings. The summed E-state index contributed by atoms with van der Waals surface area (Å²) in [5.74, 6) is -0.522. The zero-order chi connectivity index (χ0) is 47.4. The van der Waals surface area contributed by atoms with Gasteiger partial charge in [-0.1, -0.05) is 222 Å². The Labute approximate surface area is 402 Å². The minimum absolute atomic E-state index is 0.0531. The Bertz CT molecular complexity index is 1200. The molecule has 6 heteroatoms. The summed E-state index contributed by atoms with van der Waals surface area (Å²) in [5, 5.41) is 23.8. The van der Waals surface area contributed by atoms with Crippen molar-refractivity contribution in [2.24, 2.45) is 0 Å². The molecule has 0 aromatic heterocycles. The number of rotatable bonds is 49. The lowest BCUT2D eigenvalue weighted by atomic mass is 10.0. The van der Waals surface area contributed by atoms with Gasteiger partial charge in [0.1, 0.15) is 6.10 Å². The van der Waals surface area contributed by atoms with E-state index in [1.54, 1.807) is 0 Å². The van der Waals surface area contributed by atoms with Crippen molar-refractivity contribution < 1.29 is 24.5 Å². The van der Waals surface area contributed by atoms with E-state index in [4.69, 9.17) is 4.74 Å². The summed E-state index contributed by atoms with van der Waals surface area (Å²) in [5.41, 5.74) is 0. The topological polar surface area (TPSA) is 95.9 Å². The molecule has 0 aliphatic carbocycles. The summed E-state index contributed by atoms with van der Waals surface area (Å²) < 4.78 is 5.93. The van der Waals surface area contributed by atoms with Gasteiger partial charge in [-0.3, -0.25) is 9.59 Å². The van der Waals surface area contributed by atoms with Crippen LogP contribution in [-0.4, -0.2) is 46.9 Å². The third-order valence-electron chi connectivity index (χ3n) is 12.3. The molecule has 3 atom stereocenters. The number of unbranched alkanes of at least 4 members (excludes halogenated alkanes) is 25. The first kappa shape index (κ1) is 62.3. The maximum absolute atomic E-state index is 13.2. The molecule has 0 aliphatic heterocycles. The summed E-state index contributed by atoms with van der Waals surface area (Å²) >= 11 is 0. The normalized spacial score (nSPS) is 13.7. The maximum atomic E-state index is 13.2. The van der Waals surface area contributed by atoms with Crippen molar-refractivity contribution in [3.8, 4) is 0 Å². The number of nitrogens with one attached hydrogen (secondary N) is 1. The molecular weight excluding hydrogens is 803 g/mol. The first-order chi connectivity index (χ1) is 32.0. The molecule has 0 aliphatic rings. The fraction of sp³-hybridized carbons (Fsp3) is 0.763. The van der Waals surface area contributed by atoms with E-state index in [9.17, 15) is 19.8 Å². The monoisotopic (exact) mass is 908 g/mol. The van der Waals surface area contributed by atoms with Crippen molar-refractivity contribution >= 4 is 11.9 Å². The molecule has 3 N–H and O–H groups in total. The standard InChI is InChI=1S/C59H105NO5/c1-4-7-10-13-16-19-22-25-27-28-29-30-32-34-37-40-43-46-49-52-59(64)65-55(50-47-44-41-38-35-33-31-26-23-20-17-14-11-8-5-2)53-58(63)60-56(54-61)57(62)51-48-45-42-39-36-24-21-18-15-12-9-6-3/h16-17,19-20,25-27,29-31,34,37,55-57,61-62H,4-15,18,21-24,28,32-33,35-36,38-54H2,1-3H3,(H,60,63)/b19-16-,20-17-,27-25-,30-29-,31-26-,37-34-. The number of allylic oxidation sites excluding steroid dienone is 12. The maximum Gasteiger partial charge on any atom is 0.306 e. The third kappa shape index (κ3) is 47.6. The van der Waals surface area contributed by atoms with Crippen LogP contribution >= 0.6 is 0 Å². The second-order valence-electron chi connectivity index (χ2n) is 18.6. The number of carbonyl (C=O) groups is 2. The minimum Gasteiger partial charge on any atom is -0.462 e. The predicted molar refractivity (Wildman–Crippen MR) is 282 cm³/mol. The lowest BCUT2D eigenvalue weighted by molar-refractivity contribution is -0.151. The molecule has 0 rings (SSSR count). The molecule has 0 heterocycles. The van der Waals surface area contributed by atoms with E-state index in [0.717, 1.165) is 96.3 Å². The van der Waals surface area contributed by atoms with E-state index >= 15 is 0 Å². The number of hydrogen-bond donors (Lipinski definition) is 3. The van der Waals surface area contributed by atoms with E-state index in [1.165, 1.54) is 122 Å². The van der Waals surface area contributed by atoms with E-state index in [2.05, 4.69) is 99.0 Å². The van der Waals surface area contributed by atoms with Gasteiger partial charge in [-0.05, 0) is 103 Å². The van der Waals surface area contributed by atoms with Crippen LogP contribution in [0, 0.1) is 0 Å². The summed E-state index contributed by atoms with van der Waals surface area (Å²) in [6.07, 6.45) is 66.7. The molecule has 0 saturated carbocycles. The van der Waals surface area contributed by atoms with Crippen LogP contribution in [0.4, 0.5) is 0 Å². The second kappa shape index (κ2) is 52.3. The molecule has 6 nitrogen and oxygen atoms in total. The summed E-state index contributed by atoms with van der Waals surface area (Å²) in [6.45, 7) is 6.42. The van der Waals surface area contributed by atoms with E-state index in [-0.39, 0.29) is 24.9 Å². The Hall–Kier alpha value is -2.70. The van der Waals surface area contributed by atoms with E-state index in [0.29, 0.717) is 19.3 Å². The average molecular weight is 908 g/mol. The highest BCUT2D eigenvalue weighted by molar-refractivity contribution is 5.77. The Balaban J connectivity index is 4.66. The molecule has 0 saturated heterocycles. The number of amides is 1. The van der Waals surface area contributed by atoms with Gasteiger partial charge in [-0.25, -0.2) is 0 Å². The van der Waals surface area contributed by atoms with Crippen LogP contribution in [0.1, 0.15) is 265 Å². The van der Waals surface area contributed by atoms with Crippen LogP contribution in [0.5, 0.6) is 0 Å². The van der Waals surface area contributed by atoms with E-state index in [1.807, 2.05) is 0 Å². The Kier molecular flexibility index (Phi) is 50.1. The number of hydrogen-bond acceptors (Lipinski definition) is 5.